The predicted molar refractivity (Wildman–Crippen MR) is 57.0 cm³/mol. The van der Waals surface area contributed by atoms with Crippen molar-refractivity contribution < 1.29 is 19.4 Å². The van der Waals surface area contributed by atoms with Gasteiger partial charge in [0.25, 0.3) is 0 Å². The molecule has 2 atom stereocenters. The number of hydrogen-bond donors (Lipinski definition) is 1. The Bertz CT molecular complexity index is 382. The van der Waals surface area contributed by atoms with E-state index < -0.39 is 5.97 Å². The summed E-state index contributed by atoms with van der Waals surface area (Å²) in [6, 6.07) is 0. The van der Waals surface area contributed by atoms with Crippen molar-refractivity contribution in [1.82, 2.24) is 0 Å². The van der Waals surface area contributed by atoms with Crippen LogP contribution < -0.4 is 0 Å². The van der Waals surface area contributed by atoms with Gasteiger partial charge >= 0.3 is 5.97 Å². The quantitative estimate of drug-likeness (QED) is 0.723. The fraction of sp³-hybridized carbons (Fsp3) is 0.667. The summed E-state index contributed by atoms with van der Waals surface area (Å²) in [5.41, 5.74) is 0.563. The van der Waals surface area contributed by atoms with Crippen LogP contribution in [-0.2, 0) is 14.3 Å². The SMILES string of the molecule is CO[C@H]1CCC2=C(C(=O)O)C(=O)CC[C@@]21C. The highest BCUT2D eigenvalue weighted by molar-refractivity contribution is 6.18. The monoisotopic (exact) mass is 224 g/mol. The zero-order chi connectivity index (χ0) is 11.9. The number of ether oxygens (including phenoxy) is 1. The zero-order valence-electron chi connectivity index (χ0n) is 9.58. The van der Waals surface area contributed by atoms with Crippen molar-refractivity contribution in [1.29, 1.82) is 0 Å². The van der Waals surface area contributed by atoms with Gasteiger partial charge in [0, 0.05) is 18.9 Å². The molecule has 0 aliphatic heterocycles. The minimum absolute atomic E-state index is 0.0216. The van der Waals surface area contributed by atoms with Crippen LogP contribution in [0.1, 0.15) is 32.6 Å². The Kier molecular flexibility index (Phi) is 2.62. The van der Waals surface area contributed by atoms with E-state index in [0.29, 0.717) is 19.3 Å². The zero-order valence-corrected chi connectivity index (χ0v) is 9.58. The fourth-order valence-corrected chi connectivity index (χ4v) is 3.09. The lowest BCUT2D eigenvalue weighted by Crippen LogP contribution is -2.36. The Morgan fingerprint density at radius 1 is 1.50 bits per heavy atom. The van der Waals surface area contributed by atoms with Gasteiger partial charge in [0.05, 0.1) is 6.10 Å². The summed E-state index contributed by atoms with van der Waals surface area (Å²) < 4.78 is 5.41. The number of fused-ring (bicyclic) bond motifs is 1. The molecule has 1 saturated carbocycles. The molecule has 88 valence electrons. The van der Waals surface area contributed by atoms with Gasteiger partial charge in [0.15, 0.2) is 5.78 Å². The minimum atomic E-state index is -1.08. The Balaban J connectivity index is 2.52. The maximum atomic E-state index is 11.6. The van der Waals surface area contributed by atoms with Crippen LogP contribution in [0.5, 0.6) is 0 Å². The molecule has 2 aliphatic rings. The van der Waals surface area contributed by atoms with Crippen molar-refractivity contribution in [2.24, 2.45) is 5.41 Å². The van der Waals surface area contributed by atoms with Crippen molar-refractivity contribution in [2.75, 3.05) is 7.11 Å². The van der Waals surface area contributed by atoms with Crippen molar-refractivity contribution >= 4 is 11.8 Å². The van der Waals surface area contributed by atoms with Crippen LogP contribution in [0.25, 0.3) is 0 Å². The van der Waals surface area contributed by atoms with Crippen LogP contribution in [0, 0.1) is 5.41 Å². The number of methoxy groups -OCH3 is 1. The molecule has 2 rings (SSSR count). The second kappa shape index (κ2) is 3.70. The van der Waals surface area contributed by atoms with E-state index in [1.54, 1.807) is 7.11 Å². The second-order valence-electron chi connectivity index (χ2n) is 4.76. The molecule has 0 spiro atoms. The Morgan fingerprint density at radius 3 is 2.75 bits per heavy atom. The Labute approximate surface area is 94.3 Å². The van der Waals surface area contributed by atoms with E-state index in [4.69, 9.17) is 9.84 Å². The number of carbonyl (C=O) groups is 2. The molecule has 0 bridgehead atoms. The third-order valence-corrected chi connectivity index (χ3v) is 4.01. The summed E-state index contributed by atoms with van der Waals surface area (Å²) in [6.07, 6.45) is 2.55. The minimum Gasteiger partial charge on any atom is -0.478 e. The lowest BCUT2D eigenvalue weighted by molar-refractivity contribution is -0.135. The molecule has 0 aromatic heterocycles. The average molecular weight is 224 g/mol. The average Bonchev–Trinajstić information content (AvgIpc) is 2.55. The summed E-state index contributed by atoms with van der Waals surface area (Å²) in [6.45, 7) is 2.01. The summed E-state index contributed by atoms with van der Waals surface area (Å²) >= 11 is 0. The van der Waals surface area contributed by atoms with Gasteiger partial charge in [-0.05, 0) is 24.8 Å². The van der Waals surface area contributed by atoms with Gasteiger partial charge in [-0.15, -0.1) is 0 Å². The summed E-state index contributed by atoms with van der Waals surface area (Å²) in [7, 11) is 1.65. The highest BCUT2D eigenvalue weighted by Gasteiger charge is 2.49. The summed E-state index contributed by atoms with van der Waals surface area (Å²) in [5.74, 6) is -1.31. The standard InChI is InChI=1S/C12H16O4/c1-12-6-5-8(13)10(11(14)15)7(12)3-4-9(12)16-2/h9H,3-6H2,1-2H3,(H,14,15)/t9-,12-/m0/s1. The van der Waals surface area contributed by atoms with Crippen LogP contribution in [0.15, 0.2) is 11.1 Å². The summed E-state index contributed by atoms with van der Waals surface area (Å²) in [5, 5.41) is 9.11. The smallest absolute Gasteiger partial charge is 0.339 e. The number of carbonyl (C=O) groups excluding carboxylic acids is 1. The molecule has 0 unspecified atom stereocenters. The van der Waals surface area contributed by atoms with Gasteiger partial charge < -0.3 is 9.84 Å². The largest absolute Gasteiger partial charge is 0.478 e. The predicted octanol–water partition coefficient (Wildman–Crippen LogP) is 1.55. The third-order valence-electron chi connectivity index (χ3n) is 4.01. The normalized spacial score (nSPS) is 34.1. The highest BCUT2D eigenvalue weighted by atomic mass is 16.5. The maximum Gasteiger partial charge on any atom is 0.339 e. The number of Topliss-reactive ketones (excluding diaryl/α,β-unsaturated/α-hetero) is 1. The van der Waals surface area contributed by atoms with Gasteiger partial charge in [-0.2, -0.15) is 0 Å². The van der Waals surface area contributed by atoms with Gasteiger partial charge in [-0.3, -0.25) is 4.79 Å². The number of rotatable bonds is 2. The Morgan fingerprint density at radius 2 is 2.19 bits per heavy atom. The van der Waals surface area contributed by atoms with Gasteiger partial charge in [-0.1, -0.05) is 6.92 Å². The molecule has 16 heavy (non-hydrogen) atoms. The Hall–Kier alpha value is -1.16. The van der Waals surface area contributed by atoms with E-state index in [9.17, 15) is 9.59 Å². The molecular weight excluding hydrogens is 208 g/mol. The number of ketones is 1. The first-order chi connectivity index (χ1) is 7.50. The fourth-order valence-electron chi connectivity index (χ4n) is 3.09. The molecule has 1 N–H and O–H groups in total. The number of carboxylic acid groups (broad SMARTS) is 1. The van der Waals surface area contributed by atoms with E-state index in [1.807, 2.05) is 6.92 Å². The van der Waals surface area contributed by atoms with E-state index >= 15 is 0 Å². The van der Waals surface area contributed by atoms with Crippen LogP contribution >= 0.6 is 0 Å². The van der Waals surface area contributed by atoms with E-state index in [2.05, 4.69) is 0 Å². The van der Waals surface area contributed by atoms with Crippen molar-refractivity contribution in [2.45, 2.75) is 38.7 Å². The van der Waals surface area contributed by atoms with Gasteiger partial charge in [-0.25, -0.2) is 4.79 Å². The van der Waals surface area contributed by atoms with E-state index in [1.165, 1.54) is 0 Å². The van der Waals surface area contributed by atoms with Crippen LogP contribution in [0.4, 0.5) is 0 Å². The first-order valence-electron chi connectivity index (χ1n) is 5.53. The summed E-state index contributed by atoms with van der Waals surface area (Å²) in [4.78, 5) is 22.8. The second-order valence-corrected chi connectivity index (χ2v) is 4.76. The molecule has 0 aromatic carbocycles. The van der Waals surface area contributed by atoms with Crippen molar-refractivity contribution in [3.8, 4) is 0 Å². The number of aliphatic carboxylic acids is 1. The van der Waals surface area contributed by atoms with Crippen LogP contribution in [0.3, 0.4) is 0 Å². The molecule has 1 fully saturated rings. The highest BCUT2D eigenvalue weighted by Crippen LogP contribution is 2.51. The van der Waals surface area contributed by atoms with Crippen molar-refractivity contribution in [3.63, 3.8) is 0 Å². The molecule has 4 heteroatoms. The van der Waals surface area contributed by atoms with Crippen molar-refractivity contribution in [3.05, 3.63) is 11.1 Å². The van der Waals surface area contributed by atoms with Crippen LogP contribution in [-0.4, -0.2) is 30.1 Å². The molecule has 4 nitrogen and oxygen atoms in total. The first kappa shape index (κ1) is 11.3. The topological polar surface area (TPSA) is 63.6 Å². The molecule has 0 saturated heterocycles. The molecule has 2 aliphatic carbocycles. The number of hydrogen-bond acceptors (Lipinski definition) is 3. The third kappa shape index (κ3) is 1.40. The molecular formula is C12H16O4. The van der Waals surface area contributed by atoms with Gasteiger partial charge in [0.2, 0.25) is 0 Å². The lowest BCUT2D eigenvalue weighted by atomic mass is 9.71. The van der Waals surface area contributed by atoms with E-state index in [0.717, 1.165) is 12.0 Å². The molecule has 0 heterocycles. The van der Waals surface area contributed by atoms with E-state index in [-0.39, 0.29) is 22.9 Å². The van der Waals surface area contributed by atoms with Crippen LogP contribution in [0.2, 0.25) is 0 Å². The maximum absolute atomic E-state index is 11.6. The lowest BCUT2D eigenvalue weighted by Gasteiger charge is -2.35. The molecule has 0 radical (unpaired) electrons. The first-order valence-corrected chi connectivity index (χ1v) is 5.53. The molecule has 0 amide bonds. The number of carboxylic acids is 1. The van der Waals surface area contributed by atoms with Gasteiger partial charge in [0.1, 0.15) is 5.57 Å². The molecule has 0 aromatic rings.